The zero-order valence-corrected chi connectivity index (χ0v) is 13.1. The molecular formula is C13H18N4OS2. The Morgan fingerprint density at radius 2 is 2.00 bits per heavy atom. The van der Waals surface area contributed by atoms with E-state index in [4.69, 9.17) is 5.73 Å². The second kappa shape index (κ2) is 6.53. The topological polar surface area (TPSA) is 75.3 Å². The minimum Gasteiger partial charge on any atom is -0.394 e. The molecule has 1 heterocycles. The van der Waals surface area contributed by atoms with Gasteiger partial charge in [0, 0.05) is 19.8 Å². The molecule has 0 aliphatic heterocycles. The Kier molecular flexibility index (Phi) is 4.98. The van der Waals surface area contributed by atoms with Gasteiger partial charge in [-0.15, -0.1) is 10.2 Å². The molecule has 1 unspecified atom stereocenters. The molecule has 0 spiro atoms. The van der Waals surface area contributed by atoms with Crippen molar-refractivity contribution >= 4 is 28.2 Å². The van der Waals surface area contributed by atoms with E-state index in [1.165, 1.54) is 23.1 Å². The van der Waals surface area contributed by atoms with Gasteiger partial charge in [-0.3, -0.25) is 0 Å². The van der Waals surface area contributed by atoms with Crippen molar-refractivity contribution < 1.29 is 5.11 Å². The number of nitrogens with zero attached hydrogens (tertiary/aromatic N) is 3. The molecule has 0 saturated heterocycles. The maximum Gasteiger partial charge on any atom is 0.208 e. The van der Waals surface area contributed by atoms with Crippen LogP contribution >= 0.6 is 23.1 Å². The molecule has 0 saturated carbocycles. The van der Waals surface area contributed by atoms with Gasteiger partial charge in [-0.2, -0.15) is 0 Å². The average Bonchev–Trinajstić information content (AvgIpc) is 2.95. The van der Waals surface area contributed by atoms with Crippen molar-refractivity contribution in [3.63, 3.8) is 0 Å². The van der Waals surface area contributed by atoms with E-state index in [0.29, 0.717) is 5.75 Å². The van der Waals surface area contributed by atoms with Crippen molar-refractivity contribution in [3.8, 4) is 0 Å². The Labute approximate surface area is 126 Å². The monoisotopic (exact) mass is 310 g/mol. The van der Waals surface area contributed by atoms with Crippen LogP contribution in [0.25, 0.3) is 0 Å². The Morgan fingerprint density at radius 1 is 1.30 bits per heavy atom. The molecule has 1 atom stereocenters. The molecule has 1 aromatic heterocycles. The molecule has 0 aliphatic rings. The molecule has 7 heteroatoms. The maximum absolute atomic E-state index is 9.63. The summed E-state index contributed by atoms with van der Waals surface area (Å²) in [4.78, 5) is 1.92. The number of benzene rings is 1. The lowest BCUT2D eigenvalue weighted by molar-refractivity contribution is 0.213. The van der Waals surface area contributed by atoms with Crippen molar-refractivity contribution in [1.29, 1.82) is 0 Å². The van der Waals surface area contributed by atoms with Gasteiger partial charge in [0.15, 0.2) is 4.34 Å². The summed E-state index contributed by atoms with van der Waals surface area (Å²) >= 11 is 3.04. The van der Waals surface area contributed by atoms with Crippen LogP contribution in [0, 0.1) is 0 Å². The van der Waals surface area contributed by atoms with Gasteiger partial charge in [-0.25, -0.2) is 0 Å². The number of anilines is 1. The third kappa shape index (κ3) is 3.49. The molecule has 2 rings (SSSR count). The van der Waals surface area contributed by atoms with Crippen LogP contribution in [0.4, 0.5) is 5.13 Å². The Morgan fingerprint density at radius 3 is 2.55 bits per heavy atom. The van der Waals surface area contributed by atoms with Gasteiger partial charge in [-0.05, 0) is 5.56 Å². The van der Waals surface area contributed by atoms with Gasteiger partial charge in [-0.1, -0.05) is 53.4 Å². The van der Waals surface area contributed by atoms with Gasteiger partial charge < -0.3 is 15.7 Å². The molecule has 0 aliphatic carbocycles. The van der Waals surface area contributed by atoms with Crippen LogP contribution in [0.5, 0.6) is 0 Å². The summed E-state index contributed by atoms with van der Waals surface area (Å²) in [5.74, 6) is 0.551. The summed E-state index contributed by atoms with van der Waals surface area (Å²) in [6.07, 6.45) is 0. The maximum atomic E-state index is 9.63. The Bertz CT molecular complexity index is 546. The highest BCUT2D eigenvalue weighted by Gasteiger charge is 2.27. The third-order valence-corrected chi connectivity index (χ3v) is 5.34. The van der Waals surface area contributed by atoms with Crippen LogP contribution in [0.15, 0.2) is 34.7 Å². The highest BCUT2D eigenvalue weighted by Crippen LogP contribution is 2.31. The van der Waals surface area contributed by atoms with Gasteiger partial charge >= 0.3 is 0 Å². The van der Waals surface area contributed by atoms with Gasteiger partial charge in [0.1, 0.15) is 0 Å². The summed E-state index contributed by atoms with van der Waals surface area (Å²) in [6.45, 7) is -0.108. The van der Waals surface area contributed by atoms with Gasteiger partial charge in [0.2, 0.25) is 5.13 Å². The van der Waals surface area contributed by atoms with Crippen molar-refractivity contribution in [2.24, 2.45) is 5.73 Å². The molecule has 3 N–H and O–H groups in total. The molecule has 0 amide bonds. The van der Waals surface area contributed by atoms with Crippen molar-refractivity contribution in [2.45, 2.75) is 9.88 Å². The molecule has 20 heavy (non-hydrogen) atoms. The van der Waals surface area contributed by atoms with Crippen LogP contribution in [-0.4, -0.2) is 41.8 Å². The van der Waals surface area contributed by atoms with E-state index in [9.17, 15) is 5.11 Å². The van der Waals surface area contributed by atoms with E-state index in [0.717, 1.165) is 15.0 Å². The standard InChI is InChI=1S/C13H18N4OS2/c1-17(2)11-15-16-12(20-11)19-9-13(14,8-18)10-6-4-3-5-7-10/h3-7,18H,8-9,14H2,1-2H3. The highest BCUT2D eigenvalue weighted by atomic mass is 32.2. The summed E-state index contributed by atoms with van der Waals surface area (Å²) in [7, 11) is 3.86. The summed E-state index contributed by atoms with van der Waals surface area (Å²) in [5.41, 5.74) is 6.46. The SMILES string of the molecule is CN(C)c1nnc(SCC(N)(CO)c2ccccc2)s1. The highest BCUT2D eigenvalue weighted by molar-refractivity contribution is 8.01. The number of nitrogens with two attached hydrogens (primary N) is 1. The minimum absolute atomic E-state index is 0.108. The molecule has 1 aromatic carbocycles. The number of hydrogen-bond donors (Lipinski definition) is 2. The lowest BCUT2D eigenvalue weighted by atomic mass is 9.94. The smallest absolute Gasteiger partial charge is 0.208 e. The minimum atomic E-state index is -0.768. The van der Waals surface area contributed by atoms with E-state index >= 15 is 0 Å². The van der Waals surface area contributed by atoms with Crippen molar-refractivity contribution in [2.75, 3.05) is 31.4 Å². The number of aliphatic hydroxyl groups is 1. The molecule has 2 aromatic rings. The molecule has 108 valence electrons. The van der Waals surface area contributed by atoms with Crippen molar-refractivity contribution in [3.05, 3.63) is 35.9 Å². The number of aliphatic hydroxyl groups excluding tert-OH is 1. The van der Waals surface area contributed by atoms with Gasteiger partial charge in [0.25, 0.3) is 0 Å². The van der Waals surface area contributed by atoms with Crippen LogP contribution in [0.1, 0.15) is 5.56 Å². The Hall–Kier alpha value is -1.15. The number of thioether (sulfide) groups is 1. The fraction of sp³-hybridized carbons (Fsp3) is 0.385. The van der Waals surface area contributed by atoms with E-state index < -0.39 is 5.54 Å². The van der Waals surface area contributed by atoms with Crippen LogP contribution in [0.3, 0.4) is 0 Å². The average molecular weight is 310 g/mol. The zero-order chi connectivity index (χ0) is 14.6. The van der Waals surface area contributed by atoms with Crippen LogP contribution in [0.2, 0.25) is 0 Å². The number of rotatable bonds is 6. The molecule has 0 radical (unpaired) electrons. The fourth-order valence-electron chi connectivity index (χ4n) is 1.62. The molecular weight excluding hydrogens is 292 g/mol. The fourth-order valence-corrected chi connectivity index (χ4v) is 3.50. The lowest BCUT2D eigenvalue weighted by Crippen LogP contribution is -2.43. The first-order valence-electron chi connectivity index (χ1n) is 6.14. The zero-order valence-electron chi connectivity index (χ0n) is 11.5. The van der Waals surface area contributed by atoms with Crippen molar-refractivity contribution in [1.82, 2.24) is 10.2 Å². The first-order chi connectivity index (χ1) is 9.55. The van der Waals surface area contributed by atoms with E-state index in [-0.39, 0.29) is 6.61 Å². The third-order valence-electron chi connectivity index (χ3n) is 2.86. The van der Waals surface area contributed by atoms with Crippen LogP contribution < -0.4 is 10.6 Å². The largest absolute Gasteiger partial charge is 0.394 e. The predicted octanol–water partition coefficient (Wildman–Crippen LogP) is 1.54. The molecule has 5 nitrogen and oxygen atoms in total. The molecule has 0 fully saturated rings. The first kappa shape index (κ1) is 15.2. The predicted molar refractivity (Wildman–Crippen MR) is 84.4 cm³/mol. The molecule has 0 bridgehead atoms. The van der Waals surface area contributed by atoms with Gasteiger partial charge in [0.05, 0.1) is 12.1 Å². The normalized spacial score (nSPS) is 14.0. The van der Waals surface area contributed by atoms with E-state index in [1.807, 2.05) is 49.3 Å². The summed E-state index contributed by atoms with van der Waals surface area (Å²) in [6, 6.07) is 9.64. The summed E-state index contributed by atoms with van der Waals surface area (Å²) < 4.78 is 0.855. The van der Waals surface area contributed by atoms with E-state index in [2.05, 4.69) is 10.2 Å². The van der Waals surface area contributed by atoms with E-state index in [1.54, 1.807) is 0 Å². The number of hydrogen-bond acceptors (Lipinski definition) is 7. The number of aromatic nitrogens is 2. The first-order valence-corrected chi connectivity index (χ1v) is 7.94. The second-order valence-electron chi connectivity index (χ2n) is 4.71. The quantitative estimate of drug-likeness (QED) is 0.788. The lowest BCUT2D eigenvalue weighted by Gasteiger charge is -2.26. The second-order valence-corrected chi connectivity index (χ2v) is 6.89. The summed E-state index contributed by atoms with van der Waals surface area (Å²) in [5, 5.41) is 18.7. The van der Waals surface area contributed by atoms with Crippen LogP contribution in [-0.2, 0) is 5.54 Å². The Balaban J connectivity index is 2.07.